The molecular formula is C18H30N2O. The van der Waals surface area contributed by atoms with Crippen molar-refractivity contribution in [2.75, 3.05) is 44.8 Å². The minimum atomic E-state index is 0.295. The van der Waals surface area contributed by atoms with Gasteiger partial charge in [-0.15, -0.1) is 0 Å². The van der Waals surface area contributed by atoms with Crippen molar-refractivity contribution < 1.29 is 4.74 Å². The van der Waals surface area contributed by atoms with Gasteiger partial charge >= 0.3 is 0 Å². The minimum absolute atomic E-state index is 0.295. The summed E-state index contributed by atoms with van der Waals surface area (Å²) in [5, 5.41) is 3.48. The molecule has 0 radical (unpaired) electrons. The van der Waals surface area contributed by atoms with Gasteiger partial charge in [0.15, 0.2) is 0 Å². The zero-order valence-corrected chi connectivity index (χ0v) is 13.6. The van der Waals surface area contributed by atoms with E-state index in [1.54, 1.807) is 0 Å². The summed E-state index contributed by atoms with van der Waals surface area (Å²) in [4.78, 5) is 2.56. The number of hydrogen-bond acceptors (Lipinski definition) is 3. The fourth-order valence-electron chi connectivity index (χ4n) is 3.30. The van der Waals surface area contributed by atoms with Crippen molar-refractivity contribution in [3.05, 3.63) is 30.3 Å². The molecule has 0 saturated carbocycles. The number of methoxy groups -OCH3 is 1. The van der Waals surface area contributed by atoms with Crippen molar-refractivity contribution in [1.29, 1.82) is 0 Å². The van der Waals surface area contributed by atoms with Crippen LogP contribution in [-0.2, 0) is 4.74 Å². The molecule has 1 saturated heterocycles. The first kappa shape index (κ1) is 16.3. The van der Waals surface area contributed by atoms with Crippen LogP contribution in [0.5, 0.6) is 0 Å². The van der Waals surface area contributed by atoms with Crippen LogP contribution in [0.15, 0.2) is 30.3 Å². The summed E-state index contributed by atoms with van der Waals surface area (Å²) < 4.78 is 5.57. The van der Waals surface area contributed by atoms with Crippen LogP contribution in [-0.4, -0.2) is 39.9 Å². The maximum absolute atomic E-state index is 5.57. The molecule has 1 N–H and O–H groups in total. The number of nitrogens with zero attached hydrogens (tertiary/aromatic N) is 1. The summed E-state index contributed by atoms with van der Waals surface area (Å²) in [6, 6.07) is 10.8. The zero-order chi connectivity index (χ0) is 15.0. The van der Waals surface area contributed by atoms with Gasteiger partial charge in [-0.1, -0.05) is 31.5 Å². The maximum atomic E-state index is 5.57. The number of para-hydroxylation sites is 1. The monoisotopic (exact) mass is 290 g/mol. The molecule has 1 aromatic rings. The van der Waals surface area contributed by atoms with E-state index >= 15 is 0 Å². The molecule has 0 unspecified atom stereocenters. The van der Waals surface area contributed by atoms with Gasteiger partial charge in [-0.05, 0) is 44.5 Å². The highest BCUT2D eigenvalue weighted by Crippen LogP contribution is 2.32. The van der Waals surface area contributed by atoms with Crippen LogP contribution < -0.4 is 10.2 Å². The number of piperidine rings is 1. The second kappa shape index (κ2) is 8.40. The second-order valence-electron chi connectivity index (χ2n) is 6.29. The molecular weight excluding hydrogens is 260 g/mol. The van der Waals surface area contributed by atoms with E-state index in [2.05, 4.69) is 47.5 Å². The Labute approximate surface area is 129 Å². The molecule has 1 aliphatic heterocycles. The van der Waals surface area contributed by atoms with E-state index in [9.17, 15) is 0 Å². The molecule has 1 fully saturated rings. The third-order valence-electron chi connectivity index (χ3n) is 4.54. The largest absolute Gasteiger partial charge is 0.384 e. The van der Waals surface area contributed by atoms with E-state index in [4.69, 9.17) is 4.74 Å². The fourth-order valence-corrected chi connectivity index (χ4v) is 3.30. The molecule has 3 heteroatoms. The summed E-state index contributed by atoms with van der Waals surface area (Å²) in [6.45, 7) is 7.59. The molecule has 0 bridgehead atoms. The zero-order valence-electron chi connectivity index (χ0n) is 13.6. The van der Waals surface area contributed by atoms with Gasteiger partial charge in [0.2, 0.25) is 0 Å². The Morgan fingerprint density at radius 2 is 1.90 bits per heavy atom. The number of nitrogens with one attached hydrogen (secondary N) is 1. The molecule has 3 nitrogen and oxygen atoms in total. The van der Waals surface area contributed by atoms with E-state index in [1.165, 1.54) is 31.4 Å². The average molecular weight is 290 g/mol. The molecule has 0 amide bonds. The van der Waals surface area contributed by atoms with Gasteiger partial charge in [0.1, 0.15) is 0 Å². The first-order valence-electron chi connectivity index (χ1n) is 8.29. The Morgan fingerprint density at radius 1 is 1.19 bits per heavy atom. The Morgan fingerprint density at radius 3 is 2.52 bits per heavy atom. The molecule has 2 rings (SSSR count). The number of ether oxygens (including phenoxy) is 1. The van der Waals surface area contributed by atoms with Gasteiger partial charge in [0.05, 0.1) is 6.61 Å². The number of unbranched alkanes of at least 4 members (excludes halogenated alkanes) is 1. The molecule has 1 heterocycles. The van der Waals surface area contributed by atoms with Gasteiger partial charge < -0.3 is 15.0 Å². The van der Waals surface area contributed by atoms with Crippen molar-refractivity contribution in [3.8, 4) is 0 Å². The summed E-state index contributed by atoms with van der Waals surface area (Å²) in [7, 11) is 1.84. The minimum Gasteiger partial charge on any atom is -0.384 e. The van der Waals surface area contributed by atoms with Crippen molar-refractivity contribution in [2.45, 2.75) is 32.6 Å². The van der Waals surface area contributed by atoms with E-state index < -0.39 is 0 Å². The Kier molecular flexibility index (Phi) is 6.52. The molecule has 0 aromatic heterocycles. The first-order valence-corrected chi connectivity index (χ1v) is 8.29. The lowest BCUT2D eigenvalue weighted by Gasteiger charge is -2.41. The molecule has 0 spiro atoms. The van der Waals surface area contributed by atoms with E-state index in [0.717, 1.165) is 32.8 Å². The highest BCUT2D eigenvalue weighted by atomic mass is 16.5. The summed E-state index contributed by atoms with van der Waals surface area (Å²) in [5.41, 5.74) is 1.64. The molecule has 0 aliphatic carbocycles. The van der Waals surface area contributed by atoms with Crippen LogP contribution >= 0.6 is 0 Å². The van der Waals surface area contributed by atoms with Crippen LogP contribution in [0.2, 0.25) is 0 Å². The van der Waals surface area contributed by atoms with Gasteiger partial charge in [-0.3, -0.25) is 0 Å². The molecule has 0 atom stereocenters. The van der Waals surface area contributed by atoms with Crippen molar-refractivity contribution in [2.24, 2.45) is 5.41 Å². The lowest BCUT2D eigenvalue weighted by Crippen LogP contribution is -2.47. The third-order valence-corrected chi connectivity index (χ3v) is 4.54. The van der Waals surface area contributed by atoms with Crippen LogP contribution in [0.4, 0.5) is 5.69 Å². The van der Waals surface area contributed by atoms with Crippen LogP contribution in [0, 0.1) is 5.41 Å². The van der Waals surface area contributed by atoms with Gasteiger partial charge in [-0.2, -0.15) is 0 Å². The van der Waals surface area contributed by atoms with Crippen LogP contribution in [0.25, 0.3) is 0 Å². The standard InChI is InChI=1S/C18H30N2O/c1-3-4-14-20(17-8-6-5-7-9-17)15-18(16-21-2)10-12-19-13-11-18/h5-9,19H,3-4,10-16H2,1-2H3. The van der Waals surface area contributed by atoms with E-state index in [1.807, 2.05) is 7.11 Å². The normalized spacial score (nSPS) is 17.6. The van der Waals surface area contributed by atoms with Crippen LogP contribution in [0.1, 0.15) is 32.6 Å². The first-order chi connectivity index (χ1) is 10.3. The van der Waals surface area contributed by atoms with Gasteiger partial charge in [0.25, 0.3) is 0 Å². The Bertz CT molecular complexity index is 382. The molecule has 1 aromatic carbocycles. The third kappa shape index (κ3) is 4.72. The predicted molar refractivity (Wildman–Crippen MR) is 90.0 cm³/mol. The van der Waals surface area contributed by atoms with E-state index in [-0.39, 0.29) is 0 Å². The highest BCUT2D eigenvalue weighted by Gasteiger charge is 2.34. The predicted octanol–water partition coefficient (Wildman–Crippen LogP) is 3.31. The highest BCUT2D eigenvalue weighted by molar-refractivity contribution is 5.46. The SMILES string of the molecule is CCCCN(CC1(COC)CCNCC1)c1ccccc1. The summed E-state index contributed by atoms with van der Waals surface area (Å²) in [5.74, 6) is 0. The topological polar surface area (TPSA) is 24.5 Å². The number of benzene rings is 1. The maximum Gasteiger partial charge on any atom is 0.0536 e. The van der Waals surface area contributed by atoms with Gasteiger partial charge in [-0.25, -0.2) is 0 Å². The quantitative estimate of drug-likeness (QED) is 0.795. The van der Waals surface area contributed by atoms with Crippen molar-refractivity contribution >= 4 is 5.69 Å². The summed E-state index contributed by atoms with van der Waals surface area (Å²) in [6.07, 6.45) is 4.89. The molecule has 1 aliphatic rings. The fraction of sp³-hybridized carbons (Fsp3) is 0.667. The Balaban J connectivity index is 2.11. The Hall–Kier alpha value is -1.06. The van der Waals surface area contributed by atoms with Crippen LogP contribution in [0.3, 0.4) is 0 Å². The molecule has 21 heavy (non-hydrogen) atoms. The molecule has 118 valence electrons. The number of rotatable bonds is 8. The van der Waals surface area contributed by atoms with Crippen molar-refractivity contribution in [3.63, 3.8) is 0 Å². The summed E-state index contributed by atoms with van der Waals surface area (Å²) >= 11 is 0. The second-order valence-corrected chi connectivity index (χ2v) is 6.29. The van der Waals surface area contributed by atoms with Crippen molar-refractivity contribution in [1.82, 2.24) is 5.32 Å². The number of anilines is 1. The van der Waals surface area contributed by atoms with E-state index in [0.29, 0.717) is 5.41 Å². The van der Waals surface area contributed by atoms with Gasteiger partial charge in [0, 0.05) is 31.3 Å². The number of hydrogen-bond donors (Lipinski definition) is 1. The lowest BCUT2D eigenvalue weighted by molar-refractivity contribution is 0.0587. The lowest BCUT2D eigenvalue weighted by atomic mass is 9.79. The average Bonchev–Trinajstić information content (AvgIpc) is 2.53. The smallest absolute Gasteiger partial charge is 0.0536 e.